The maximum atomic E-state index is 11.3. The number of anilines is 3. The predicted octanol–water partition coefficient (Wildman–Crippen LogP) is 3.02. The third kappa shape index (κ3) is 3.95. The largest absolute Gasteiger partial charge is 0.367 e. The Bertz CT molecular complexity index is 993. The number of aromatic nitrogens is 3. The highest BCUT2D eigenvalue weighted by atomic mass is 79.9. The third-order valence-corrected chi connectivity index (χ3v) is 5.55. The van der Waals surface area contributed by atoms with Crippen molar-refractivity contribution in [3.05, 3.63) is 46.6 Å². The van der Waals surface area contributed by atoms with Crippen LogP contribution < -0.4 is 22.1 Å². The van der Waals surface area contributed by atoms with Gasteiger partial charge in [0.2, 0.25) is 5.91 Å². The molecule has 1 saturated carbocycles. The minimum atomic E-state index is -0.451. The number of amides is 1. The Morgan fingerprint density at radius 2 is 1.89 bits per heavy atom. The zero-order chi connectivity index (χ0) is 19.7. The smallest absolute Gasteiger partial charge is 0.248 e. The predicted molar refractivity (Wildman–Crippen MR) is 113 cm³/mol. The van der Waals surface area contributed by atoms with Crippen LogP contribution >= 0.6 is 15.9 Å². The Hall–Kier alpha value is -2.65. The van der Waals surface area contributed by atoms with Gasteiger partial charge in [-0.05, 0) is 65.9 Å². The number of halogens is 1. The van der Waals surface area contributed by atoms with Crippen LogP contribution in [-0.2, 0) is 0 Å². The van der Waals surface area contributed by atoms with Gasteiger partial charge >= 0.3 is 0 Å². The highest BCUT2D eigenvalue weighted by molar-refractivity contribution is 9.10. The van der Waals surface area contributed by atoms with Crippen molar-refractivity contribution in [2.24, 2.45) is 11.5 Å². The lowest BCUT2D eigenvalue weighted by molar-refractivity contribution is 0.100. The summed E-state index contributed by atoms with van der Waals surface area (Å²) in [5.41, 5.74) is 13.3. The molecule has 0 bridgehead atoms. The van der Waals surface area contributed by atoms with Crippen LogP contribution in [0.15, 0.2) is 41.0 Å². The van der Waals surface area contributed by atoms with Crippen molar-refractivity contribution in [2.75, 3.05) is 10.6 Å². The quantitative estimate of drug-likeness (QED) is 0.480. The number of primary amides is 1. The molecule has 6 N–H and O–H groups in total. The van der Waals surface area contributed by atoms with E-state index in [-0.39, 0.29) is 0 Å². The van der Waals surface area contributed by atoms with Crippen LogP contribution in [0.5, 0.6) is 0 Å². The van der Waals surface area contributed by atoms with Crippen molar-refractivity contribution in [3.8, 4) is 0 Å². The summed E-state index contributed by atoms with van der Waals surface area (Å²) >= 11 is 3.51. The first-order valence-electron chi connectivity index (χ1n) is 9.23. The van der Waals surface area contributed by atoms with Gasteiger partial charge in [-0.3, -0.25) is 4.79 Å². The van der Waals surface area contributed by atoms with Gasteiger partial charge in [0.05, 0.1) is 10.7 Å². The topological polar surface area (TPSA) is 123 Å². The summed E-state index contributed by atoms with van der Waals surface area (Å²) in [6.45, 7) is 0. The van der Waals surface area contributed by atoms with E-state index in [1.165, 1.54) is 0 Å². The first-order chi connectivity index (χ1) is 13.5. The number of nitrogens with zero attached hydrogens (tertiary/aromatic N) is 3. The van der Waals surface area contributed by atoms with Crippen LogP contribution in [0.2, 0.25) is 0 Å². The molecule has 3 aromatic rings. The van der Waals surface area contributed by atoms with Crippen LogP contribution in [0, 0.1) is 0 Å². The highest BCUT2D eigenvalue weighted by Crippen LogP contribution is 2.27. The first-order valence-corrected chi connectivity index (χ1v) is 10.0. The van der Waals surface area contributed by atoms with Gasteiger partial charge < -0.3 is 22.1 Å². The van der Waals surface area contributed by atoms with E-state index >= 15 is 0 Å². The molecular weight excluding hydrogens is 422 g/mol. The summed E-state index contributed by atoms with van der Waals surface area (Å²) in [5.74, 6) is 1.09. The van der Waals surface area contributed by atoms with Crippen LogP contribution in [0.4, 0.5) is 17.3 Å². The number of rotatable bonds is 5. The molecule has 1 fully saturated rings. The number of carbonyl (C=O) groups is 1. The maximum Gasteiger partial charge on any atom is 0.248 e. The molecule has 1 aliphatic rings. The molecule has 0 spiro atoms. The molecule has 1 aliphatic carbocycles. The molecule has 1 aromatic carbocycles. The minimum Gasteiger partial charge on any atom is -0.367 e. The van der Waals surface area contributed by atoms with E-state index in [4.69, 9.17) is 16.5 Å². The summed E-state index contributed by atoms with van der Waals surface area (Å²) in [5, 5.41) is 11.3. The molecule has 0 aliphatic heterocycles. The van der Waals surface area contributed by atoms with Crippen molar-refractivity contribution in [2.45, 2.75) is 37.8 Å². The second-order valence-electron chi connectivity index (χ2n) is 7.08. The average Bonchev–Trinajstić information content (AvgIpc) is 3.05. The Kier molecular flexibility index (Phi) is 5.19. The number of carbonyl (C=O) groups excluding carboxylic acids is 1. The van der Waals surface area contributed by atoms with E-state index in [0.717, 1.165) is 47.5 Å². The fourth-order valence-corrected chi connectivity index (χ4v) is 3.79. The van der Waals surface area contributed by atoms with Gasteiger partial charge in [-0.1, -0.05) is 0 Å². The number of hydrogen-bond acceptors (Lipinski definition) is 6. The van der Waals surface area contributed by atoms with E-state index in [9.17, 15) is 4.79 Å². The monoisotopic (exact) mass is 443 g/mol. The number of benzene rings is 1. The van der Waals surface area contributed by atoms with Gasteiger partial charge in [0.25, 0.3) is 0 Å². The first kappa shape index (κ1) is 18.7. The fraction of sp³-hybridized carbons (Fsp3) is 0.316. The lowest BCUT2D eigenvalue weighted by atomic mass is 9.92. The molecule has 2 aromatic heterocycles. The summed E-state index contributed by atoms with van der Waals surface area (Å²) in [4.78, 5) is 16.0. The SMILES string of the molecule is NC(=O)c1ccc(Nc2cc(NC3CCC(N)CC3)nc3c(Br)cnn23)cc1. The Morgan fingerprint density at radius 3 is 2.57 bits per heavy atom. The second kappa shape index (κ2) is 7.76. The zero-order valence-electron chi connectivity index (χ0n) is 15.2. The van der Waals surface area contributed by atoms with Crippen LogP contribution in [0.3, 0.4) is 0 Å². The van der Waals surface area contributed by atoms with Crippen molar-refractivity contribution in [1.82, 2.24) is 14.6 Å². The van der Waals surface area contributed by atoms with E-state index in [1.807, 2.05) is 6.07 Å². The van der Waals surface area contributed by atoms with Crippen LogP contribution in [-0.4, -0.2) is 32.6 Å². The van der Waals surface area contributed by atoms with Crippen molar-refractivity contribution >= 4 is 44.8 Å². The molecule has 8 nitrogen and oxygen atoms in total. The zero-order valence-corrected chi connectivity index (χ0v) is 16.8. The van der Waals surface area contributed by atoms with Crippen LogP contribution in [0.1, 0.15) is 36.0 Å². The molecular formula is C19H22BrN7O. The normalized spacial score (nSPS) is 19.5. The fourth-order valence-electron chi connectivity index (χ4n) is 3.44. The maximum absolute atomic E-state index is 11.3. The van der Waals surface area contributed by atoms with E-state index in [0.29, 0.717) is 23.3 Å². The van der Waals surface area contributed by atoms with Gasteiger partial charge in [0.1, 0.15) is 11.6 Å². The van der Waals surface area contributed by atoms with Gasteiger partial charge in [-0.25, -0.2) is 4.98 Å². The lowest BCUT2D eigenvalue weighted by Crippen LogP contribution is -2.33. The van der Waals surface area contributed by atoms with Gasteiger partial charge in [0.15, 0.2) is 5.65 Å². The molecule has 28 heavy (non-hydrogen) atoms. The van der Waals surface area contributed by atoms with E-state index in [2.05, 4.69) is 31.7 Å². The van der Waals surface area contributed by atoms with E-state index in [1.54, 1.807) is 35.0 Å². The second-order valence-corrected chi connectivity index (χ2v) is 7.93. The molecule has 0 atom stereocenters. The molecule has 0 radical (unpaired) electrons. The van der Waals surface area contributed by atoms with Gasteiger partial charge in [0, 0.05) is 29.4 Å². The number of fused-ring (bicyclic) bond motifs is 1. The Morgan fingerprint density at radius 1 is 1.18 bits per heavy atom. The van der Waals surface area contributed by atoms with Gasteiger partial charge in [-0.2, -0.15) is 9.61 Å². The molecule has 4 rings (SSSR count). The molecule has 0 unspecified atom stereocenters. The van der Waals surface area contributed by atoms with E-state index < -0.39 is 5.91 Å². The Balaban J connectivity index is 1.62. The average molecular weight is 444 g/mol. The Labute approximate surface area is 170 Å². The van der Waals surface area contributed by atoms with Crippen molar-refractivity contribution < 1.29 is 4.79 Å². The number of hydrogen-bond donors (Lipinski definition) is 4. The number of nitrogens with one attached hydrogen (secondary N) is 2. The van der Waals surface area contributed by atoms with Crippen molar-refractivity contribution in [1.29, 1.82) is 0 Å². The molecule has 9 heteroatoms. The summed E-state index contributed by atoms with van der Waals surface area (Å²) < 4.78 is 2.54. The third-order valence-electron chi connectivity index (χ3n) is 4.99. The summed E-state index contributed by atoms with van der Waals surface area (Å²) in [6, 6.07) is 9.58. The highest BCUT2D eigenvalue weighted by Gasteiger charge is 2.19. The summed E-state index contributed by atoms with van der Waals surface area (Å²) in [7, 11) is 0. The lowest BCUT2D eigenvalue weighted by Gasteiger charge is -2.27. The molecule has 2 heterocycles. The molecule has 1 amide bonds. The standard InChI is InChI=1S/C19H22BrN7O/c20-15-10-23-27-17(25-14-5-1-11(2-6-14)18(22)28)9-16(26-19(15)27)24-13-7-3-12(21)4-8-13/h1-2,5-6,9-10,12-13,25H,3-4,7-8,21H2,(H2,22,28)(H,24,26). The van der Waals surface area contributed by atoms with Crippen molar-refractivity contribution in [3.63, 3.8) is 0 Å². The number of nitrogens with two attached hydrogens (primary N) is 2. The van der Waals surface area contributed by atoms with Gasteiger partial charge in [-0.15, -0.1) is 0 Å². The van der Waals surface area contributed by atoms with Crippen LogP contribution in [0.25, 0.3) is 5.65 Å². The minimum absolute atomic E-state index is 0.304. The summed E-state index contributed by atoms with van der Waals surface area (Å²) in [6.07, 6.45) is 5.83. The molecule has 0 saturated heterocycles. The molecule has 146 valence electrons.